The van der Waals surface area contributed by atoms with Crippen molar-refractivity contribution in [2.24, 2.45) is 0 Å². The molecule has 0 amide bonds. The van der Waals surface area contributed by atoms with Crippen molar-refractivity contribution in [3.63, 3.8) is 0 Å². The van der Waals surface area contributed by atoms with Gasteiger partial charge in [0.05, 0.1) is 0 Å². The number of hydrogen-bond acceptors (Lipinski definition) is 3. The second-order valence-electron chi connectivity index (χ2n) is 3.11. The summed E-state index contributed by atoms with van der Waals surface area (Å²) in [6.45, 7) is 2.94. The van der Waals surface area contributed by atoms with E-state index < -0.39 is 5.97 Å². The van der Waals surface area contributed by atoms with Crippen molar-refractivity contribution in [2.75, 3.05) is 18.5 Å². The van der Waals surface area contributed by atoms with Crippen LogP contribution in [0.4, 0.5) is 5.82 Å². The Hall–Kier alpha value is -1.58. The molecule has 4 nitrogen and oxygen atoms in total. The average molecular weight is 194 g/mol. The zero-order valence-corrected chi connectivity index (χ0v) is 8.40. The molecule has 1 aromatic heterocycles. The molecule has 0 aliphatic carbocycles. The van der Waals surface area contributed by atoms with E-state index in [1.807, 2.05) is 18.0 Å². The van der Waals surface area contributed by atoms with Crippen LogP contribution >= 0.6 is 0 Å². The fraction of sp³-hybridized carbons (Fsp3) is 0.400. The Morgan fingerprint density at radius 1 is 1.57 bits per heavy atom. The predicted octanol–water partition coefficient (Wildman–Crippen LogP) is 1.63. The van der Waals surface area contributed by atoms with Gasteiger partial charge in [-0.15, -0.1) is 0 Å². The van der Waals surface area contributed by atoms with Gasteiger partial charge >= 0.3 is 5.97 Å². The molecule has 1 N–H and O–H groups in total. The van der Waals surface area contributed by atoms with Crippen molar-refractivity contribution < 1.29 is 9.90 Å². The first-order valence-corrected chi connectivity index (χ1v) is 4.56. The fourth-order valence-corrected chi connectivity index (χ4v) is 1.20. The maximum Gasteiger partial charge on any atom is 0.354 e. The normalized spacial score (nSPS) is 9.86. The summed E-state index contributed by atoms with van der Waals surface area (Å²) < 4.78 is 0. The summed E-state index contributed by atoms with van der Waals surface area (Å²) in [5.74, 6) is -0.288. The molecule has 1 aromatic rings. The lowest BCUT2D eigenvalue weighted by molar-refractivity contribution is 0.0690. The van der Waals surface area contributed by atoms with Gasteiger partial charge in [-0.1, -0.05) is 13.0 Å². The van der Waals surface area contributed by atoms with E-state index in [1.54, 1.807) is 6.07 Å². The number of carbonyl (C=O) groups is 1. The second kappa shape index (κ2) is 4.60. The number of rotatable bonds is 4. The lowest BCUT2D eigenvalue weighted by atomic mass is 10.3. The van der Waals surface area contributed by atoms with Crippen LogP contribution in [0.5, 0.6) is 0 Å². The zero-order chi connectivity index (χ0) is 10.6. The largest absolute Gasteiger partial charge is 0.477 e. The summed E-state index contributed by atoms with van der Waals surface area (Å²) in [5, 5.41) is 8.74. The summed E-state index contributed by atoms with van der Waals surface area (Å²) in [5.41, 5.74) is 0.0884. The number of anilines is 1. The minimum atomic E-state index is -0.989. The summed E-state index contributed by atoms with van der Waals surface area (Å²) in [7, 11) is 1.90. The van der Waals surface area contributed by atoms with Crippen molar-refractivity contribution in [3.8, 4) is 0 Å². The molecule has 1 heterocycles. The molecule has 1 rings (SSSR count). The van der Waals surface area contributed by atoms with Gasteiger partial charge < -0.3 is 10.0 Å². The van der Waals surface area contributed by atoms with E-state index in [0.29, 0.717) is 5.82 Å². The van der Waals surface area contributed by atoms with Crippen LogP contribution in [0.3, 0.4) is 0 Å². The molecule has 0 aliphatic heterocycles. The molecule has 0 aromatic carbocycles. The highest BCUT2D eigenvalue weighted by Crippen LogP contribution is 2.09. The molecule has 0 atom stereocenters. The zero-order valence-electron chi connectivity index (χ0n) is 8.40. The molecular weight excluding hydrogens is 180 g/mol. The SMILES string of the molecule is CCCN(C)c1cccc(C(=O)O)n1. The van der Waals surface area contributed by atoms with Gasteiger partial charge in [0.1, 0.15) is 5.82 Å². The van der Waals surface area contributed by atoms with Gasteiger partial charge in [0.2, 0.25) is 0 Å². The van der Waals surface area contributed by atoms with Crippen LogP contribution in [0, 0.1) is 0 Å². The number of carboxylic acid groups (broad SMARTS) is 1. The van der Waals surface area contributed by atoms with Crippen LogP contribution in [0.1, 0.15) is 23.8 Å². The first-order chi connectivity index (χ1) is 6.65. The van der Waals surface area contributed by atoms with Crippen LogP contribution in [0.15, 0.2) is 18.2 Å². The van der Waals surface area contributed by atoms with Gasteiger partial charge in [0.25, 0.3) is 0 Å². The first-order valence-electron chi connectivity index (χ1n) is 4.56. The summed E-state index contributed by atoms with van der Waals surface area (Å²) in [6.07, 6.45) is 1.01. The van der Waals surface area contributed by atoms with E-state index in [0.717, 1.165) is 13.0 Å². The van der Waals surface area contributed by atoms with E-state index >= 15 is 0 Å². The molecule has 0 fully saturated rings. The first kappa shape index (κ1) is 10.5. The van der Waals surface area contributed by atoms with Crippen molar-refractivity contribution >= 4 is 11.8 Å². The van der Waals surface area contributed by atoms with E-state index in [-0.39, 0.29) is 5.69 Å². The molecule has 0 spiro atoms. The molecule has 0 unspecified atom stereocenters. The Morgan fingerprint density at radius 2 is 2.29 bits per heavy atom. The van der Waals surface area contributed by atoms with Crippen LogP contribution < -0.4 is 4.90 Å². The Labute approximate surface area is 83.2 Å². The fourth-order valence-electron chi connectivity index (χ4n) is 1.20. The second-order valence-corrected chi connectivity index (χ2v) is 3.11. The third-order valence-electron chi connectivity index (χ3n) is 1.90. The lowest BCUT2D eigenvalue weighted by Gasteiger charge is -2.16. The number of carboxylic acids is 1. The van der Waals surface area contributed by atoms with Crippen molar-refractivity contribution in [1.29, 1.82) is 0 Å². The van der Waals surface area contributed by atoms with Gasteiger partial charge in [-0.25, -0.2) is 9.78 Å². The molecule has 0 radical (unpaired) electrons. The topological polar surface area (TPSA) is 53.4 Å². The molecule has 14 heavy (non-hydrogen) atoms. The molecule has 0 aliphatic rings. The smallest absolute Gasteiger partial charge is 0.354 e. The molecule has 0 saturated carbocycles. The summed E-state index contributed by atoms with van der Waals surface area (Å²) in [4.78, 5) is 16.6. The molecule has 76 valence electrons. The maximum absolute atomic E-state index is 10.7. The third-order valence-corrected chi connectivity index (χ3v) is 1.90. The van der Waals surface area contributed by atoms with Gasteiger partial charge in [-0.3, -0.25) is 0 Å². The van der Waals surface area contributed by atoms with Crippen LogP contribution in [0.2, 0.25) is 0 Å². The molecule has 0 bridgehead atoms. The van der Waals surface area contributed by atoms with E-state index in [4.69, 9.17) is 5.11 Å². The van der Waals surface area contributed by atoms with Crippen LogP contribution in [-0.4, -0.2) is 29.7 Å². The number of aromatic carboxylic acids is 1. The number of nitrogens with zero attached hydrogens (tertiary/aromatic N) is 2. The van der Waals surface area contributed by atoms with Gasteiger partial charge in [0.15, 0.2) is 5.69 Å². The highest BCUT2D eigenvalue weighted by molar-refractivity contribution is 5.85. The Morgan fingerprint density at radius 3 is 2.86 bits per heavy atom. The Kier molecular flexibility index (Phi) is 3.45. The summed E-state index contributed by atoms with van der Waals surface area (Å²) in [6, 6.07) is 5.01. The van der Waals surface area contributed by atoms with Crippen LogP contribution in [0.25, 0.3) is 0 Å². The minimum absolute atomic E-state index is 0.0884. The van der Waals surface area contributed by atoms with E-state index in [1.165, 1.54) is 6.07 Å². The highest BCUT2D eigenvalue weighted by atomic mass is 16.4. The third kappa shape index (κ3) is 2.45. The quantitative estimate of drug-likeness (QED) is 0.791. The summed E-state index contributed by atoms with van der Waals surface area (Å²) >= 11 is 0. The van der Waals surface area contributed by atoms with Gasteiger partial charge in [0, 0.05) is 13.6 Å². The Balaban J connectivity index is 2.87. The van der Waals surface area contributed by atoms with Crippen molar-refractivity contribution in [1.82, 2.24) is 4.98 Å². The van der Waals surface area contributed by atoms with Gasteiger partial charge in [-0.2, -0.15) is 0 Å². The van der Waals surface area contributed by atoms with E-state index in [9.17, 15) is 4.79 Å². The number of hydrogen-bond donors (Lipinski definition) is 1. The molecule has 0 saturated heterocycles. The average Bonchev–Trinajstić information content (AvgIpc) is 2.18. The molecule has 4 heteroatoms. The van der Waals surface area contributed by atoms with Crippen molar-refractivity contribution in [2.45, 2.75) is 13.3 Å². The standard InChI is InChI=1S/C10H14N2O2/c1-3-7-12(2)9-6-4-5-8(11-9)10(13)14/h4-6H,3,7H2,1-2H3,(H,13,14). The Bertz CT molecular complexity index is 326. The maximum atomic E-state index is 10.7. The molecular formula is C10H14N2O2. The minimum Gasteiger partial charge on any atom is -0.477 e. The lowest BCUT2D eigenvalue weighted by Crippen LogP contribution is -2.19. The predicted molar refractivity (Wildman–Crippen MR) is 54.8 cm³/mol. The monoisotopic (exact) mass is 194 g/mol. The highest BCUT2D eigenvalue weighted by Gasteiger charge is 2.06. The van der Waals surface area contributed by atoms with Gasteiger partial charge in [-0.05, 0) is 18.6 Å². The van der Waals surface area contributed by atoms with Crippen molar-refractivity contribution in [3.05, 3.63) is 23.9 Å². The number of pyridine rings is 1. The van der Waals surface area contributed by atoms with Crippen LogP contribution in [-0.2, 0) is 0 Å². The number of aromatic nitrogens is 1. The van der Waals surface area contributed by atoms with E-state index in [2.05, 4.69) is 11.9 Å².